The van der Waals surface area contributed by atoms with Crippen molar-refractivity contribution in [3.63, 3.8) is 0 Å². The Hall–Kier alpha value is -2.91. The van der Waals surface area contributed by atoms with Crippen molar-refractivity contribution in [3.05, 3.63) is 54.1 Å². The first-order valence-electron chi connectivity index (χ1n) is 11.2. The molecule has 1 aliphatic rings. The van der Waals surface area contributed by atoms with Crippen molar-refractivity contribution in [2.75, 3.05) is 18.5 Å². The highest BCUT2D eigenvalue weighted by molar-refractivity contribution is 7.89. The fourth-order valence-electron chi connectivity index (χ4n) is 3.47. The Bertz CT molecular complexity index is 1030. The SMILES string of the molecule is CCCCOC(=O)c1ccc(NC(=O)COc2ccc(S(=O)(=O)NC3CCCC3)cc2)cc1. The van der Waals surface area contributed by atoms with E-state index in [9.17, 15) is 18.0 Å². The predicted octanol–water partition coefficient (Wildman–Crippen LogP) is 3.88. The zero-order chi connectivity index (χ0) is 23.7. The van der Waals surface area contributed by atoms with Gasteiger partial charge in [-0.2, -0.15) is 0 Å². The summed E-state index contributed by atoms with van der Waals surface area (Å²) in [6, 6.07) is 12.4. The zero-order valence-electron chi connectivity index (χ0n) is 18.7. The fourth-order valence-corrected chi connectivity index (χ4v) is 4.78. The average Bonchev–Trinajstić information content (AvgIpc) is 3.31. The van der Waals surface area contributed by atoms with Crippen LogP contribution < -0.4 is 14.8 Å². The van der Waals surface area contributed by atoms with Crippen molar-refractivity contribution in [1.82, 2.24) is 4.72 Å². The third-order valence-electron chi connectivity index (χ3n) is 5.32. The van der Waals surface area contributed by atoms with Gasteiger partial charge in [-0.25, -0.2) is 17.9 Å². The van der Waals surface area contributed by atoms with Crippen molar-refractivity contribution in [2.24, 2.45) is 0 Å². The van der Waals surface area contributed by atoms with Crippen LogP contribution in [0.1, 0.15) is 55.8 Å². The van der Waals surface area contributed by atoms with Crippen LogP contribution in [0.3, 0.4) is 0 Å². The monoisotopic (exact) mass is 474 g/mol. The number of carbonyl (C=O) groups is 2. The molecule has 0 radical (unpaired) electrons. The first-order chi connectivity index (χ1) is 15.9. The Labute approximate surface area is 194 Å². The number of anilines is 1. The molecule has 0 saturated heterocycles. The lowest BCUT2D eigenvalue weighted by Gasteiger charge is -2.13. The van der Waals surface area contributed by atoms with Crippen molar-refractivity contribution in [1.29, 1.82) is 0 Å². The van der Waals surface area contributed by atoms with E-state index in [-0.39, 0.29) is 23.5 Å². The normalized spacial score (nSPS) is 14.1. The summed E-state index contributed by atoms with van der Waals surface area (Å²) in [6.07, 6.45) is 5.56. The van der Waals surface area contributed by atoms with Gasteiger partial charge in [-0.15, -0.1) is 0 Å². The summed E-state index contributed by atoms with van der Waals surface area (Å²) < 4.78 is 38.2. The van der Waals surface area contributed by atoms with Gasteiger partial charge in [0.2, 0.25) is 10.0 Å². The Kier molecular flexibility index (Phi) is 8.85. The molecule has 0 aromatic heterocycles. The molecular formula is C24H30N2O6S. The van der Waals surface area contributed by atoms with Crippen LogP contribution in [-0.4, -0.2) is 39.5 Å². The minimum Gasteiger partial charge on any atom is -0.484 e. The van der Waals surface area contributed by atoms with Gasteiger partial charge >= 0.3 is 5.97 Å². The number of benzene rings is 2. The quantitative estimate of drug-likeness (QED) is 0.378. The third kappa shape index (κ3) is 7.57. The largest absolute Gasteiger partial charge is 0.484 e. The number of ether oxygens (including phenoxy) is 2. The summed E-state index contributed by atoms with van der Waals surface area (Å²) in [5, 5.41) is 2.68. The third-order valence-corrected chi connectivity index (χ3v) is 6.85. The molecule has 0 spiro atoms. The predicted molar refractivity (Wildman–Crippen MR) is 125 cm³/mol. The molecule has 8 nitrogen and oxygen atoms in total. The van der Waals surface area contributed by atoms with Gasteiger partial charge in [-0.3, -0.25) is 4.79 Å². The number of amides is 1. The summed E-state index contributed by atoms with van der Waals surface area (Å²) in [5.41, 5.74) is 0.936. The summed E-state index contributed by atoms with van der Waals surface area (Å²) >= 11 is 0. The molecular weight excluding hydrogens is 444 g/mol. The number of carbonyl (C=O) groups excluding carboxylic acids is 2. The molecule has 1 amide bonds. The van der Waals surface area contributed by atoms with Crippen molar-refractivity contribution < 1.29 is 27.5 Å². The van der Waals surface area contributed by atoms with E-state index in [4.69, 9.17) is 9.47 Å². The molecule has 0 bridgehead atoms. The van der Waals surface area contributed by atoms with E-state index in [1.54, 1.807) is 24.3 Å². The zero-order valence-corrected chi connectivity index (χ0v) is 19.5. The van der Waals surface area contributed by atoms with E-state index in [1.807, 2.05) is 6.92 Å². The number of unbranched alkanes of at least 4 members (excludes halogenated alkanes) is 1. The van der Waals surface area contributed by atoms with Gasteiger partial charge < -0.3 is 14.8 Å². The Morgan fingerprint density at radius 1 is 1.00 bits per heavy atom. The maximum atomic E-state index is 12.5. The minimum atomic E-state index is -3.57. The van der Waals surface area contributed by atoms with Gasteiger partial charge in [-0.1, -0.05) is 26.2 Å². The average molecular weight is 475 g/mol. The fraction of sp³-hybridized carbons (Fsp3) is 0.417. The topological polar surface area (TPSA) is 111 Å². The molecule has 2 aromatic rings. The highest BCUT2D eigenvalue weighted by Crippen LogP contribution is 2.21. The molecule has 1 aliphatic carbocycles. The molecule has 178 valence electrons. The van der Waals surface area contributed by atoms with Gasteiger partial charge in [0.1, 0.15) is 5.75 Å². The van der Waals surface area contributed by atoms with Crippen LogP contribution in [0.2, 0.25) is 0 Å². The molecule has 33 heavy (non-hydrogen) atoms. The molecule has 0 heterocycles. The van der Waals surface area contributed by atoms with E-state index >= 15 is 0 Å². The highest BCUT2D eigenvalue weighted by atomic mass is 32.2. The minimum absolute atomic E-state index is 0.00427. The van der Waals surface area contributed by atoms with Crippen LogP contribution in [0.15, 0.2) is 53.4 Å². The van der Waals surface area contributed by atoms with E-state index < -0.39 is 16.0 Å². The summed E-state index contributed by atoms with van der Waals surface area (Å²) in [6.45, 7) is 2.16. The lowest BCUT2D eigenvalue weighted by atomic mass is 10.2. The van der Waals surface area contributed by atoms with Crippen molar-refractivity contribution in [2.45, 2.75) is 56.4 Å². The van der Waals surface area contributed by atoms with Gasteiger partial charge in [0, 0.05) is 11.7 Å². The van der Waals surface area contributed by atoms with Gasteiger partial charge in [0.15, 0.2) is 6.61 Å². The lowest BCUT2D eigenvalue weighted by molar-refractivity contribution is -0.118. The molecule has 1 saturated carbocycles. The Morgan fingerprint density at radius 2 is 1.67 bits per heavy atom. The number of sulfonamides is 1. The second-order valence-electron chi connectivity index (χ2n) is 7.98. The van der Waals surface area contributed by atoms with Crippen LogP contribution in [0, 0.1) is 0 Å². The van der Waals surface area contributed by atoms with Gasteiger partial charge in [-0.05, 0) is 67.8 Å². The molecule has 0 aliphatic heterocycles. The van der Waals surface area contributed by atoms with Crippen LogP contribution >= 0.6 is 0 Å². The number of nitrogens with one attached hydrogen (secondary N) is 2. The van der Waals surface area contributed by atoms with E-state index in [0.29, 0.717) is 23.6 Å². The van der Waals surface area contributed by atoms with E-state index in [0.717, 1.165) is 38.5 Å². The Morgan fingerprint density at radius 3 is 2.30 bits per heavy atom. The lowest BCUT2D eigenvalue weighted by Crippen LogP contribution is -2.32. The summed E-state index contributed by atoms with van der Waals surface area (Å²) in [5.74, 6) is -0.392. The van der Waals surface area contributed by atoms with E-state index in [1.165, 1.54) is 24.3 Å². The molecule has 3 rings (SSSR count). The molecule has 2 N–H and O–H groups in total. The van der Waals surface area contributed by atoms with Crippen molar-refractivity contribution >= 4 is 27.6 Å². The maximum absolute atomic E-state index is 12.5. The van der Waals surface area contributed by atoms with Gasteiger partial charge in [0.05, 0.1) is 17.1 Å². The molecule has 1 fully saturated rings. The second kappa shape index (κ2) is 11.8. The van der Waals surface area contributed by atoms with Crippen LogP contribution in [0.5, 0.6) is 5.75 Å². The molecule has 0 atom stereocenters. The smallest absolute Gasteiger partial charge is 0.338 e. The van der Waals surface area contributed by atoms with Crippen LogP contribution in [0.4, 0.5) is 5.69 Å². The second-order valence-corrected chi connectivity index (χ2v) is 9.69. The van der Waals surface area contributed by atoms with Crippen molar-refractivity contribution in [3.8, 4) is 5.75 Å². The van der Waals surface area contributed by atoms with Gasteiger partial charge in [0.25, 0.3) is 5.91 Å². The maximum Gasteiger partial charge on any atom is 0.338 e. The highest BCUT2D eigenvalue weighted by Gasteiger charge is 2.22. The van der Waals surface area contributed by atoms with Crippen LogP contribution in [0.25, 0.3) is 0 Å². The molecule has 2 aromatic carbocycles. The number of hydrogen-bond donors (Lipinski definition) is 2. The standard InChI is InChI=1S/C24H30N2O6S/c1-2-3-16-31-24(28)18-8-10-19(11-9-18)25-23(27)17-32-21-12-14-22(15-13-21)33(29,30)26-20-6-4-5-7-20/h8-15,20,26H,2-7,16-17H2,1H3,(H,25,27). The number of rotatable bonds is 11. The molecule has 0 unspecified atom stereocenters. The first kappa shape index (κ1) is 24.7. The Balaban J connectivity index is 1.46. The summed E-state index contributed by atoms with van der Waals surface area (Å²) in [4.78, 5) is 24.2. The number of hydrogen-bond acceptors (Lipinski definition) is 6. The van der Waals surface area contributed by atoms with Crippen LogP contribution in [-0.2, 0) is 19.6 Å². The summed E-state index contributed by atoms with van der Waals surface area (Å²) in [7, 11) is -3.57. The van der Waals surface area contributed by atoms with E-state index in [2.05, 4.69) is 10.0 Å². The number of esters is 1. The molecule has 9 heteroatoms. The first-order valence-corrected chi connectivity index (χ1v) is 12.7.